The van der Waals surface area contributed by atoms with Crippen LogP contribution in [0.5, 0.6) is 0 Å². The highest BCUT2D eigenvalue weighted by Gasteiger charge is 2.34. The minimum atomic E-state index is -0.245. The van der Waals surface area contributed by atoms with Crippen LogP contribution in [0.25, 0.3) is 0 Å². The molecule has 1 aromatic heterocycles. The normalized spacial score (nSPS) is 20.8. The van der Waals surface area contributed by atoms with E-state index in [1.807, 2.05) is 4.90 Å². The van der Waals surface area contributed by atoms with Gasteiger partial charge in [0.1, 0.15) is 17.6 Å². The molecule has 0 spiro atoms. The SMILES string of the molecule is O=C(CN1CCCC1)N1CCC[C@@H]1c1ncc(Cc2ccc(F)cc2)o1. The fourth-order valence-electron chi connectivity index (χ4n) is 3.91. The predicted molar refractivity (Wildman–Crippen MR) is 95.1 cm³/mol. The van der Waals surface area contributed by atoms with Gasteiger partial charge in [-0.25, -0.2) is 9.37 Å². The van der Waals surface area contributed by atoms with Gasteiger partial charge in [0.25, 0.3) is 0 Å². The van der Waals surface area contributed by atoms with Crippen LogP contribution in [0, 0.1) is 5.82 Å². The average Bonchev–Trinajstić information content (AvgIpc) is 3.37. The number of likely N-dealkylation sites (tertiary alicyclic amines) is 2. The number of hydrogen-bond acceptors (Lipinski definition) is 4. The zero-order valence-electron chi connectivity index (χ0n) is 14.9. The van der Waals surface area contributed by atoms with Gasteiger partial charge in [-0.2, -0.15) is 0 Å². The molecule has 2 aromatic rings. The third-order valence-corrected chi connectivity index (χ3v) is 5.28. The number of aromatic nitrogens is 1. The molecular weight excluding hydrogens is 333 g/mol. The maximum absolute atomic E-state index is 13.0. The minimum Gasteiger partial charge on any atom is -0.443 e. The van der Waals surface area contributed by atoms with E-state index in [9.17, 15) is 9.18 Å². The van der Waals surface area contributed by atoms with E-state index >= 15 is 0 Å². The van der Waals surface area contributed by atoms with Crippen LogP contribution in [0.3, 0.4) is 0 Å². The predicted octanol–water partition coefficient (Wildman–Crippen LogP) is 3.16. The molecule has 1 amide bonds. The quantitative estimate of drug-likeness (QED) is 0.825. The number of nitrogens with zero attached hydrogens (tertiary/aromatic N) is 3. The topological polar surface area (TPSA) is 49.6 Å². The van der Waals surface area contributed by atoms with Crippen LogP contribution < -0.4 is 0 Å². The van der Waals surface area contributed by atoms with Gasteiger partial charge >= 0.3 is 0 Å². The Kier molecular flexibility index (Phi) is 5.02. The molecule has 6 heteroatoms. The van der Waals surface area contributed by atoms with Crippen molar-refractivity contribution in [1.82, 2.24) is 14.8 Å². The van der Waals surface area contributed by atoms with Crippen LogP contribution in [0.1, 0.15) is 48.9 Å². The lowest BCUT2D eigenvalue weighted by atomic mass is 10.1. The molecule has 26 heavy (non-hydrogen) atoms. The first-order chi connectivity index (χ1) is 12.7. The molecule has 3 heterocycles. The highest BCUT2D eigenvalue weighted by Crippen LogP contribution is 2.32. The molecular formula is C20H24FN3O2. The van der Waals surface area contributed by atoms with Crippen molar-refractivity contribution in [2.45, 2.75) is 38.1 Å². The van der Waals surface area contributed by atoms with Crippen molar-refractivity contribution in [3.8, 4) is 0 Å². The third kappa shape index (κ3) is 3.80. The van der Waals surface area contributed by atoms with Gasteiger partial charge in [0.05, 0.1) is 12.7 Å². The van der Waals surface area contributed by atoms with Crippen molar-refractivity contribution >= 4 is 5.91 Å². The summed E-state index contributed by atoms with van der Waals surface area (Å²) < 4.78 is 19.0. The Bertz CT molecular complexity index is 753. The van der Waals surface area contributed by atoms with Gasteiger partial charge in [0, 0.05) is 13.0 Å². The van der Waals surface area contributed by atoms with Crippen LogP contribution in [0.2, 0.25) is 0 Å². The first-order valence-corrected chi connectivity index (χ1v) is 9.40. The molecule has 2 aliphatic heterocycles. The standard InChI is InChI=1S/C20H24FN3O2/c21-16-7-5-15(6-8-16)12-17-13-22-20(26-17)18-4-3-11-24(18)19(25)14-23-9-1-2-10-23/h5-8,13,18H,1-4,9-12,14H2/t18-/m1/s1. The van der Waals surface area contributed by atoms with Gasteiger partial charge in [0.15, 0.2) is 0 Å². The third-order valence-electron chi connectivity index (χ3n) is 5.28. The van der Waals surface area contributed by atoms with Gasteiger partial charge in [-0.05, 0) is 56.5 Å². The van der Waals surface area contributed by atoms with E-state index in [-0.39, 0.29) is 17.8 Å². The fraction of sp³-hybridized carbons (Fsp3) is 0.500. The number of hydrogen-bond donors (Lipinski definition) is 0. The van der Waals surface area contributed by atoms with Gasteiger partial charge in [-0.1, -0.05) is 12.1 Å². The summed E-state index contributed by atoms with van der Waals surface area (Å²) in [5.74, 6) is 1.29. The smallest absolute Gasteiger partial charge is 0.237 e. The Hall–Kier alpha value is -2.21. The number of oxazole rings is 1. The number of rotatable bonds is 5. The van der Waals surface area contributed by atoms with Crippen LogP contribution in [-0.4, -0.2) is 46.9 Å². The summed E-state index contributed by atoms with van der Waals surface area (Å²) in [7, 11) is 0. The van der Waals surface area contributed by atoms with E-state index in [1.165, 1.54) is 25.0 Å². The van der Waals surface area contributed by atoms with Gasteiger partial charge in [-0.3, -0.25) is 9.69 Å². The summed E-state index contributed by atoms with van der Waals surface area (Å²) in [5.41, 5.74) is 0.975. The first-order valence-electron chi connectivity index (χ1n) is 9.40. The molecule has 0 bridgehead atoms. The second kappa shape index (κ2) is 7.58. The average molecular weight is 357 g/mol. The molecule has 5 nitrogen and oxygen atoms in total. The highest BCUT2D eigenvalue weighted by atomic mass is 19.1. The molecule has 2 saturated heterocycles. The summed E-state index contributed by atoms with van der Waals surface area (Å²) in [5, 5.41) is 0. The van der Waals surface area contributed by atoms with Crippen LogP contribution in [-0.2, 0) is 11.2 Å². The number of carbonyl (C=O) groups excluding carboxylic acids is 1. The molecule has 1 aromatic carbocycles. The Balaban J connectivity index is 1.42. The molecule has 138 valence electrons. The summed E-state index contributed by atoms with van der Waals surface area (Å²) >= 11 is 0. The Labute approximate surface area is 152 Å². The lowest BCUT2D eigenvalue weighted by Crippen LogP contribution is -2.39. The lowest BCUT2D eigenvalue weighted by molar-refractivity contribution is -0.133. The van der Waals surface area contributed by atoms with E-state index in [0.29, 0.717) is 18.9 Å². The van der Waals surface area contributed by atoms with E-state index in [1.54, 1.807) is 18.3 Å². The van der Waals surface area contributed by atoms with E-state index < -0.39 is 0 Å². The summed E-state index contributed by atoms with van der Waals surface area (Å²) in [6, 6.07) is 6.33. The van der Waals surface area contributed by atoms with Gasteiger partial charge in [0.2, 0.25) is 11.8 Å². The second-order valence-corrected chi connectivity index (χ2v) is 7.20. The van der Waals surface area contributed by atoms with Gasteiger partial charge < -0.3 is 9.32 Å². The number of benzene rings is 1. The maximum atomic E-state index is 13.0. The second-order valence-electron chi connectivity index (χ2n) is 7.20. The molecule has 2 aliphatic rings. The summed E-state index contributed by atoms with van der Waals surface area (Å²) in [6.45, 7) is 3.31. The monoisotopic (exact) mass is 357 g/mol. The number of carbonyl (C=O) groups is 1. The van der Waals surface area contributed by atoms with Crippen molar-refractivity contribution in [1.29, 1.82) is 0 Å². The Morgan fingerprint density at radius 3 is 2.69 bits per heavy atom. The number of amides is 1. The molecule has 0 radical (unpaired) electrons. The Morgan fingerprint density at radius 2 is 1.92 bits per heavy atom. The molecule has 0 saturated carbocycles. The highest BCUT2D eigenvalue weighted by molar-refractivity contribution is 5.79. The van der Waals surface area contributed by atoms with Crippen LogP contribution >= 0.6 is 0 Å². The molecule has 0 unspecified atom stereocenters. The maximum Gasteiger partial charge on any atom is 0.237 e. The van der Waals surface area contributed by atoms with E-state index in [0.717, 1.165) is 43.8 Å². The van der Waals surface area contributed by atoms with Crippen molar-refractivity contribution in [2.24, 2.45) is 0 Å². The van der Waals surface area contributed by atoms with Crippen LogP contribution in [0.4, 0.5) is 4.39 Å². The van der Waals surface area contributed by atoms with Gasteiger partial charge in [-0.15, -0.1) is 0 Å². The molecule has 4 rings (SSSR count). The van der Waals surface area contributed by atoms with E-state index in [2.05, 4.69) is 9.88 Å². The lowest BCUT2D eigenvalue weighted by Gasteiger charge is -2.25. The van der Waals surface area contributed by atoms with E-state index in [4.69, 9.17) is 4.42 Å². The first kappa shape index (κ1) is 17.2. The summed E-state index contributed by atoms with van der Waals surface area (Å²) in [6.07, 6.45) is 6.53. The molecule has 0 aliphatic carbocycles. The Morgan fingerprint density at radius 1 is 1.15 bits per heavy atom. The largest absolute Gasteiger partial charge is 0.443 e. The van der Waals surface area contributed by atoms with Crippen LogP contribution in [0.15, 0.2) is 34.9 Å². The minimum absolute atomic E-state index is 0.0629. The molecule has 0 N–H and O–H groups in total. The molecule has 2 fully saturated rings. The van der Waals surface area contributed by atoms with Crippen molar-refractivity contribution in [2.75, 3.05) is 26.2 Å². The van der Waals surface area contributed by atoms with Crippen molar-refractivity contribution < 1.29 is 13.6 Å². The zero-order valence-corrected chi connectivity index (χ0v) is 14.9. The fourth-order valence-corrected chi connectivity index (χ4v) is 3.91. The van der Waals surface area contributed by atoms with Crippen molar-refractivity contribution in [3.05, 3.63) is 53.5 Å². The zero-order chi connectivity index (χ0) is 17.9. The molecule has 1 atom stereocenters. The summed E-state index contributed by atoms with van der Waals surface area (Å²) in [4.78, 5) is 21.3. The van der Waals surface area contributed by atoms with Crippen molar-refractivity contribution in [3.63, 3.8) is 0 Å². The number of halogens is 1.